The molecular formula is C19H22N4O2. The fourth-order valence-electron chi connectivity index (χ4n) is 3.01. The molecule has 0 saturated heterocycles. The smallest absolute Gasteiger partial charge is 0.307 e. The standard InChI is InChI=1S/C19H22N4O2/c1-4-13-8-12(9-19(24)25)6-7-14(13)21-17-10-16-15(11-20-17)22-18(5-2)23(16)3/h6-8,10-11H,4-5,9H2,1-3H3,(H,20,21)(H,24,25). The number of hydrogen-bond donors (Lipinski definition) is 2. The van der Waals surface area contributed by atoms with Crippen LogP contribution in [0, 0.1) is 0 Å². The molecule has 0 saturated carbocycles. The van der Waals surface area contributed by atoms with Gasteiger partial charge < -0.3 is 15.0 Å². The summed E-state index contributed by atoms with van der Waals surface area (Å²) in [4.78, 5) is 19.9. The molecule has 6 heteroatoms. The fraction of sp³-hybridized carbons (Fsp3) is 0.316. The number of carbonyl (C=O) groups is 1. The molecule has 25 heavy (non-hydrogen) atoms. The number of imidazole rings is 1. The SMILES string of the molecule is CCc1cc(CC(=O)O)ccc1Nc1cc2c(cn1)nc(CC)n2C. The number of anilines is 2. The molecule has 0 radical (unpaired) electrons. The van der Waals surface area contributed by atoms with Crippen molar-refractivity contribution in [3.63, 3.8) is 0 Å². The van der Waals surface area contributed by atoms with Crippen LogP contribution in [0.1, 0.15) is 30.8 Å². The first-order valence-corrected chi connectivity index (χ1v) is 8.43. The number of aryl methyl sites for hydroxylation is 3. The topological polar surface area (TPSA) is 80.0 Å². The summed E-state index contributed by atoms with van der Waals surface area (Å²) in [5.41, 5.74) is 4.74. The second-order valence-electron chi connectivity index (χ2n) is 6.04. The van der Waals surface area contributed by atoms with Crippen molar-refractivity contribution in [1.29, 1.82) is 0 Å². The zero-order valence-corrected chi connectivity index (χ0v) is 14.7. The maximum atomic E-state index is 10.9. The van der Waals surface area contributed by atoms with Crippen molar-refractivity contribution in [2.45, 2.75) is 33.1 Å². The zero-order chi connectivity index (χ0) is 18.0. The Morgan fingerprint density at radius 1 is 1.24 bits per heavy atom. The maximum Gasteiger partial charge on any atom is 0.307 e. The van der Waals surface area contributed by atoms with Gasteiger partial charge in [-0.1, -0.05) is 26.0 Å². The van der Waals surface area contributed by atoms with Gasteiger partial charge in [-0.2, -0.15) is 0 Å². The Hall–Kier alpha value is -2.89. The predicted octanol–water partition coefficient (Wildman–Crippen LogP) is 3.46. The third-order valence-corrected chi connectivity index (χ3v) is 4.34. The molecule has 0 fully saturated rings. The number of fused-ring (bicyclic) bond motifs is 1. The molecule has 130 valence electrons. The summed E-state index contributed by atoms with van der Waals surface area (Å²) < 4.78 is 2.08. The number of carboxylic acid groups (broad SMARTS) is 1. The van der Waals surface area contributed by atoms with Crippen LogP contribution in [0.15, 0.2) is 30.5 Å². The average Bonchev–Trinajstić information content (AvgIpc) is 2.91. The third kappa shape index (κ3) is 3.47. The third-order valence-electron chi connectivity index (χ3n) is 4.34. The van der Waals surface area contributed by atoms with Crippen molar-refractivity contribution in [1.82, 2.24) is 14.5 Å². The number of nitrogens with one attached hydrogen (secondary N) is 1. The van der Waals surface area contributed by atoms with Crippen LogP contribution >= 0.6 is 0 Å². The van der Waals surface area contributed by atoms with Gasteiger partial charge >= 0.3 is 5.97 Å². The highest BCUT2D eigenvalue weighted by molar-refractivity contribution is 5.79. The van der Waals surface area contributed by atoms with Crippen molar-refractivity contribution in [3.8, 4) is 0 Å². The molecular weight excluding hydrogens is 316 g/mol. The molecule has 0 spiro atoms. The molecule has 0 aliphatic heterocycles. The van der Waals surface area contributed by atoms with Gasteiger partial charge in [0.1, 0.15) is 17.2 Å². The van der Waals surface area contributed by atoms with E-state index in [0.717, 1.165) is 52.3 Å². The molecule has 3 rings (SSSR count). The van der Waals surface area contributed by atoms with E-state index >= 15 is 0 Å². The van der Waals surface area contributed by atoms with Crippen molar-refractivity contribution < 1.29 is 9.90 Å². The lowest BCUT2D eigenvalue weighted by molar-refractivity contribution is -0.136. The molecule has 0 bridgehead atoms. The van der Waals surface area contributed by atoms with E-state index in [9.17, 15) is 4.79 Å². The van der Waals surface area contributed by atoms with Crippen LogP contribution in [-0.4, -0.2) is 25.6 Å². The Kier molecular flexibility index (Phi) is 4.70. The summed E-state index contributed by atoms with van der Waals surface area (Å²) in [5, 5.41) is 12.3. The number of pyridine rings is 1. The van der Waals surface area contributed by atoms with Crippen LogP contribution in [0.3, 0.4) is 0 Å². The van der Waals surface area contributed by atoms with E-state index < -0.39 is 5.97 Å². The van der Waals surface area contributed by atoms with Gasteiger partial charge in [0, 0.05) is 25.2 Å². The molecule has 0 aliphatic rings. The quantitative estimate of drug-likeness (QED) is 0.719. The minimum atomic E-state index is -0.821. The van der Waals surface area contributed by atoms with Gasteiger partial charge in [0.05, 0.1) is 18.1 Å². The van der Waals surface area contributed by atoms with E-state index in [-0.39, 0.29) is 6.42 Å². The van der Waals surface area contributed by atoms with E-state index in [2.05, 4.69) is 33.7 Å². The molecule has 0 atom stereocenters. The van der Waals surface area contributed by atoms with Crippen LogP contribution in [0.4, 0.5) is 11.5 Å². The van der Waals surface area contributed by atoms with E-state index in [1.807, 2.05) is 31.3 Å². The molecule has 0 aliphatic carbocycles. The first-order valence-electron chi connectivity index (χ1n) is 8.43. The second kappa shape index (κ2) is 6.93. The Bertz CT molecular complexity index is 931. The number of hydrogen-bond acceptors (Lipinski definition) is 4. The summed E-state index contributed by atoms with van der Waals surface area (Å²) in [6.45, 7) is 4.14. The summed E-state index contributed by atoms with van der Waals surface area (Å²) in [7, 11) is 2.01. The second-order valence-corrected chi connectivity index (χ2v) is 6.04. The molecule has 0 amide bonds. The maximum absolute atomic E-state index is 10.9. The lowest BCUT2D eigenvalue weighted by Crippen LogP contribution is -2.03. The lowest BCUT2D eigenvalue weighted by atomic mass is 10.0. The molecule has 2 aromatic heterocycles. The first-order chi connectivity index (χ1) is 12.0. The molecule has 2 heterocycles. The van der Waals surface area contributed by atoms with Crippen LogP contribution in [0.25, 0.3) is 11.0 Å². The first kappa shape index (κ1) is 17.0. The van der Waals surface area contributed by atoms with E-state index in [4.69, 9.17) is 5.11 Å². The summed E-state index contributed by atoms with van der Waals surface area (Å²) in [6.07, 6.45) is 3.50. The summed E-state index contributed by atoms with van der Waals surface area (Å²) in [5.74, 6) is 0.956. The van der Waals surface area contributed by atoms with Gasteiger partial charge in [0.15, 0.2) is 0 Å². The molecule has 0 unspecified atom stereocenters. The number of carboxylic acids is 1. The number of aromatic nitrogens is 3. The summed E-state index contributed by atoms with van der Waals surface area (Å²) >= 11 is 0. The monoisotopic (exact) mass is 338 g/mol. The Balaban J connectivity index is 1.92. The van der Waals surface area contributed by atoms with Crippen LogP contribution in [0.2, 0.25) is 0 Å². The average molecular weight is 338 g/mol. The minimum absolute atomic E-state index is 0.0340. The van der Waals surface area contributed by atoms with Crippen molar-refractivity contribution in [2.75, 3.05) is 5.32 Å². The van der Waals surface area contributed by atoms with Gasteiger partial charge in [-0.25, -0.2) is 9.97 Å². The van der Waals surface area contributed by atoms with Crippen LogP contribution in [0.5, 0.6) is 0 Å². The molecule has 2 N–H and O–H groups in total. The lowest BCUT2D eigenvalue weighted by Gasteiger charge is -2.12. The Morgan fingerprint density at radius 2 is 2.04 bits per heavy atom. The highest BCUT2D eigenvalue weighted by atomic mass is 16.4. The van der Waals surface area contributed by atoms with Crippen LogP contribution in [-0.2, 0) is 31.1 Å². The van der Waals surface area contributed by atoms with Crippen LogP contribution < -0.4 is 5.32 Å². The van der Waals surface area contributed by atoms with Gasteiger partial charge in [0.2, 0.25) is 0 Å². The van der Waals surface area contributed by atoms with E-state index in [0.29, 0.717) is 0 Å². The molecule has 1 aromatic carbocycles. The molecule has 3 aromatic rings. The number of rotatable bonds is 6. The Morgan fingerprint density at radius 3 is 2.72 bits per heavy atom. The van der Waals surface area contributed by atoms with Gasteiger partial charge in [-0.15, -0.1) is 0 Å². The van der Waals surface area contributed by atoms with Gasteiger partial charge in [-0.05, 0) is 23.6 Å². The van der Waals surface area contributed by atoms with Crippen molar-refractivity contribution >= 4 is 28.5 Å². The zero-order valence-electron chi connectivity index (χ0n) is 14.7. The van der Waals surface area contributed by atoms with Crippen molar-refractivity contribution in [3.05, 3.63) is 47.4 Å². The molecule has 6 nitrogen and oxygen atoms in total. The highest BCUT2D eigenvalue weighted by Gasteiger charge is 2.10. The summed E-state index contributed by atoms with van der Waals surface area (Å²) in [6, 6.07) is 7.69. The largest absolute Gasteiger partial charge is 0.481 e. The van der Waals surface area contributed by atoms with Gasteiger partial charge in [0.25, 0.3) is 0 Å². The van der Waals surface area contributed by atoms with Crippen molar-refractivity contribution in [2.24, 2.45) is 7.05 Å². The normalized spacial score (nSPS) is 11.0. The number of nitrogens with zero attached hydrogens (tertiary/aromatic N) is 3. The van der Waals surface area contributed by atoms with E-state index in [1.54, 1.807) is 6.20 Å². The predicted molar refractivity (Wildman–Crippen MR) is 98.3 cm³/mol. The van der Waals surface area contributed by atoms with E-state index in [1.165, 1.54) is 0 Å². The minimum Gasteiger partial charge on any atom is -0.481 e. The fourth-order valence-corrected chi connectivity index (χ4v) is 3.01. The van der Waals surface area contributed by atoms with Gasteiger partial charge in [-0.3, -0.25) is 4.79 Å². The Labute approximate surface area is 146 Å². The number of benzene rings is 1. The highest BCUT2D eigenvalue weighted by Crippen LogP contribution is 2.24. The number of aliphatic carboxylic acids is 1.